The summed E-state index contributed by atoms with van der Waals surface area (Å²) in [6, 6.07) is 7.72. The van der Waals surface area contributed by atoms with E-state index < -0.39 is 23.2 Å². The summed E-state index contributed by atoms with van der Waals surface area (Å²) >= 11 is 0. The van der Waals surface area contributed by atoms with Gasteiger partial charge in [0.2, 0.25) is 6.79 Å². The Morgan fingerprint density at radius 2 is 1.91 bits per heavy atom. The lowest BCUT2D eigenvalue weighted by Gasteiger charge is -2.41. The highest BCUT2D eigenvalue weighted by Crippen LogP contribution is 2.37. The molecule has 4 heterocycles. The zero-order valence-corrected chi connectivity index (χ0v) is 17.3. The average Bonchev–Trinajstić information content (AvgIpc) is 3.21. The van der Waals surface area contributed by atoms with Crippen molar-refractivity contribution in [3.8, 4) is 17.2 Å². The van der Waals surface area contributed by atoms with Gasteiger partial charge in [-0.25, -0.2) is 13.8 Å². The van der Waals surface area contributed by atoms with Crippen LogP contribution in [0.5, 0.6) is 17.2 Å². The molecule has 0 bridgehead atoms. The third-order valence-electron chi connectivity index (χ3n) is 5.63. The third-order valence-corrected chi connectivity index (χ3v) is 5.63. The lowest BCUT2D eigenvalue weighted by atomic mass is 9.73. The molecule has 3 aromatic rings. The zero-order valence-electron chi connectivity index (χ0n) is 17.3. The molecule has 164 valence electrons. The number of aromatic nitrogens is 3. The monoisotopic (exact) mass is 440 g/mol. The molecule has 5 rings (SSSR count). The van der Waals surface area contributed by atoms with Gasteiger partial charge in [-0.05, 0) is 43.5 Å². The highest BCUT2D eigenvalue weighted by Gasteiger charge is 2.33. The summed E-state index contributed by atoms with van der Waals surface area (Å²) in [6.45, 7) is 3.06. The van der Waals surface area contributed by atoms with Gasteiger partial charge in [0.25, 0.3) is 12.0 Å². The molecule has 0 N–H and O–H groups in total. The summed E-state index contributed by atoms with van der Waals surface area (Å²) < 4.78 is 43.7. The zero-order chi connectivity index (χ0) is 22.5. The fourth-order valence-electron chi connectivity index (χ4n) is 3.94. The Balaban J connectivity index is 1.34. The van der Waals surface area contributed by atoms with E-state index in [2.05, 4.69) is 10.1 Å². The van der Waals surface area contributed by atoms with Crippen LogP contribution in [0, 0.1) is 6.92 Å². The van der Waals surface area contributed by atoms with Crippen molar-refractivity contribution in [1.82, 2.24) is 14.6 Å². The third kappa shape index (κ3) is 3.72. The first-order valence-electron chi connectivity index (χ1n) is 10.1. The maximum absolute atomic E-state index is 13.0. The normalized spacial score (nSPS) is 17.2. The van der Waals surface area contributed by atoms with E-state index in [9.17, 15) is 13.6 Å². The highest BCUT2D eigenvalue weighted by molar-refractivity contribution is 6.14. The van der Waals surface area contributed by atoms with E-state index >= 15 is 0 Å². The van der Waals surface area contributed by atoms with Crippen LogP contribution in [0.4, 0.5) is 14.6 Å². The van der Waals surface area contributed by atoms with Crippen LogP contribution in [0.2, 0.25) is 0 Å². The highest BCUT2D eigenvalue weighted by atomic mass is 19.3. The second-order valence-corrected chi connectivity index (χ2v) is 7.91. The minimum atomic E-state index is -2.82. The molecule has 1 aromatic carbocycles. The predicted octanol–water partition coefficient (Wildman–Crippen LogP) is 2.61. The molecule has 2 aliphatic rings. The quantitative estimate of drug-likeness (QED) is 0.578. The maximum atomic E-state index is 13.0. The van der Waals surface area contributed by atoms with E-state index in [0.29, 0.717) is 49.0 Å². The van der Waals surface area contributed by atoms with Gasteiger partial charge in [0.1, 0.15) is 19.3 Å². The fourth-order valence-corrected chi connectivity index (χ4v) is 3.94. The first-order chi connectivity index (χ1) is 15.3. The van der Waals surface area contributed by atoms with Gasteiger partial charge < -0.3 is 19.1 Å². The summed E-state index contributed by atoms with van der Waals surface area (Å²) in [6.07, 6.45) is -1.80. The van der Waals surface area contributed by atoms with Crippen LogP contribution in [0.3, 0.4) is 0 Å². The number of fused-ring (bicyclic) bond motifs is 2. The summed E-state index contributed by atoms with van der Waals surface area (Å²) in [5, 5.41) is 4.38. The van der Waals surface area contributed by atoms with Gasteiger partial charge in [0, 0.05) is 25.2 Å². The Kier molecular flexibility index (Phi) is 4.91. The Morgan fingerprint density at radius 3 is 2.66 bits per heavy atom. The average molecular weight is 440 g/mol. The van der Waals surface area contributed by atoms with Crippen molar-refractivity contribution in [2.24, 2.45) is 0 Å². The van der Waals surface area contributed by atoms with E-state index in [1.165, 1.54) is 0 Å². The number of alkyl halides is 2. The van der Waals surface area contributed by atoms with Crippen molar-refractivity contribution < 1.29 is 23.0 Å². The number of aryl methyl sites for hydroxylation is 1. The molecule has 0 unspecified atom stereocenters. The molecule has 1 saturated heterocycles. The number of rotatable bonds is 4. The van der Waals surface area contributed by atoms with Crippen LogP contribution in [-0.4, -0.2) is 47.8 Å². The Morgan fingerprint density at radius 1 is 1.16 bits per heavy atom. The largest absolute Gasteiger partial charge is 0.497 e. The van der Waals surface area contributed by atoms with Crippen LogP contribution < -0.4 is 24.7 Å². The van der Waals surface area contributed by atoms with Crippen LogP contribution in [0.25, 0.3) is 5.65 Å². The van der Waals surface area contributed by atoms with Gasteiger partial charge in [-0.1, -0.05) is 0 Å². The maximum Gasteiger partial charge on any atom is 0.280 e. The number of hydrogen-bond donors (Lipinski definition) is 0. The van der Waals surface area contributed by atoms with Gasteiger partial charge in [-0.3, -0.25) is 4.79 Å². The summed E-state index contributed by atoms with van der Waals surface area (Å²) in [7, 11) is 6.50. The molecule has 32 heavy (non-hydrogen) atoms. The molecule has 0 atom stereocenters. The molecule has 0 amide bonds. The van der Waals surface area contributed by atoms with Gasteiger partial charge in [0.15, 0.2) is 23.0 Å². The van der Waals surface area contributed by atoms with Gasteiger partial charge in [0.05, 0.1) is 5.50 Å². The number of ether oxygens (including phenoxy) is 3. The number of benzene rings is 1. The molecule has 8 nitrogen and oxygen atoms in total. The summed E-state index contributed by atoms with van der Waals surface area (Å²) in [4.78, 5) is 18.1. The molecular formula is C21H19BF2N4O4. The van der Waals surface area contributed by atoms with Gasteiger partial charge >= 0.3 is 0 Å². The molecule has 0 aliphatic carbocycles. The van der Waals surface area contributed by atoms with Crippen molar-refractivity contribution in [3.63, 3.8) is 0 Å². The van der Waals surface area contributed by atoms with Crippen molar-refractivity contribution >= 4 is 19.3 Å². The first kappa shape index (κ1) is 20.5. The van der Waals surface area contributed by atoms with Gasteiger partial charge in [-0.15, -0.1) is 5.10 Å². The lowest BCUT2D eigenvalue weighted by molar-refractivity contribution is 0.126. The Labute approximate surface area is 183 Å². The molecule has 0 spiro atoms. The van der Waals surface area contributed by atoms with Crippen molar-refractivity contribution in [2.75, 3.05) is 24.8 Å². The van der Waals surface area contributed by atoms with Crippen LogP contribution in [0.15, 0.2) is 35.1 Å². The van der Waals surface area contributed by atoms with E-state index in [1.807, 2.05) is 4.90 Å². The fraction of sp³-hybridized carbons (Fsp3) is 0.381. The Bertz CT molecular complexity index is 1240. The summed E-state index contributed by atoms with van der Waals surface area (Å²) in [5.41, 5.74) is -1.27. The summed E-state index contributed by atoms with van der Waals surface area (Å²) in [5.74, 6) is 2.46. The number of anilines is 1. The minimum Gasteiger partial charge on any atom is -0.497 e. The topological polar surface area (TPSA) is 78.2 Å². The molecule has 11 heteroatoms. The SMILES string of the molecule is [B]C1(Oc2ccc3c(c2)OCO3)CCN(c2nn3c(=O)cc(C(F)F)nc3cc2C)CC1. The van der Waals surface area contributed by atoms with Crippen LogP contribution in [-0.2, 0) is 0 Å². The lowest BCUT2D eigenvalue weighted by Crippen LogP contribution is -2.49. The molecular weight excluding hydrogens is 421 g/mol. The predicted molar refractivity (Wildman–Crippen MR) is 112 cm³/mol. The molecule has 2 radical (unpaired) electrons. The van der Waals surface area contributed by atoms with Gasteiger partial charge in [-0.2, -0.15) is 4.52 Å². The van der Waals surface area contributed by atoms with Crippen molar-refractivity contribution in [1.29, 1.82) is 0 Å². The van der Waals surface area contributed by atoms with Crippen molar-refractivity contribution in [2.45, 2.75) is 31.7 Å². The molecule has 1 fully saturated rings. The van der Waals surface area contributed by atoms with Crippen LogP contribution >= 0.6 is 0 Å². The van der Waals surface area contributed by atoms with E-state index in [4.69, 9.17) is 22.1 Å². The number of piperidine rings is 1. The van der Waals surface area contributed by atoms with Crippen LogP contribution in [0.1, 0.15) is 30.5 Å². The number of halogens is 2. The Hall–Kier alpha value is -3.37. The molecule has 0 saturated carbocycles. The first-order valence-corrected chi connectivity index (χ1v) is 10.1. The van der Waals surface area contributed by atoms with Crippen molar-refractivity contribution in [3.05, 3.63) is 51.9 Å². The second kappa shape index (κ2) is 7.65. The second-order valence-electron chi connectivity index (χ2n) is 7.91. The van der Waals surface area contributed by atoms with E-state index in [0.717, 1.165) is 16.1 Å². The number of nitrogens with zero attached hydrogens (tertiary/aromatic N) is 4. The molecule has 2 aliphatic heterocycles. The number of hydrogen-bond acceptors (Lipinski definition) is 7. The smallest absolute Gasteiger partial charge is 0.280 e. The standard InChI is InChI=1S/C21H19BF2N4O4/c1-12-8-17-25-14(19(23)24)10-18(29)28(17)26-20(12)27-6-4-21(22,5-7-27)32-13-2-3-15-16(9-13)31-11-30-15/h2-3,8-10,19H,4-7,11H2,1H3. The minimum absolute atomic E-state index is 0.0883. The molecule has 2 aromatic heterocycles. The van der Waals surface area contributed by atoms with E-state index in [1.54, 1.807) is 31.2 Å². The van der Waals surface area contributed by atoms with E-state index in [-0.39, 0.29) is 12.4 Å².